The summed E-state index contributed by atoms with van der Waals surface area (Å²) in [5, 5.41) is 0. The summed E-state index contributed by atoms with van der Waals surface area (Å²) in [6, 6.07) is 17.4. The minimum Gasteiger partial charge on any atom is -0.497 e. The van der Waals surface area contributed by atoms with Crippen molar-refractivity contribution < 1.29 is 13.9 Å². The average Bonchev–Trinajstić information content (AvgIpc) is 3.43. The Morgan fingerprint density at radius 2 is 1.97 bits per heavy atom. The second-order valence-corrected chi connectivity index (χ2v) is 7.58. The molecule has 156 valence electrons. The van der Waals surface area contributed by atoms with Crippen molar-refractivity contribution in [1.29, 1.82) is 0 Å². The van der Waals surface area contributed by atoms with Crippen LogP contribution in [0.2, 0.25) is 0 Å². The molecule has 31 heavy (non-hydrogen) atoms. The first-order valence-corrected chi connectivity index (χ1v) is 10.2. The van der Waals surface area contributed by atoms with Crippen LogP contribution >= 0.6 is 0 Å². The van der Waals surface area contributed by atoms with Crippen molar-refractivity contribution in [2.75, 3.05) is 20.2 Å². The van der Waals surface area contributed by atoms with Gasteiger partial charge >= 0.3 is 0 Å². The largest absolute Gasteiger partial charge is 0.497 e. The lowest BCUT2D eigenvalue weighted by Gasteiger charge is -2.19. The van der Waals surface area contributed by atoms with Crippen molar-refractivity contribution in [3.63, 3.8) is 0 Å². The first-order chi connectivity index (χ1) is 15.1. The summed E-state index contributed by atoms with van der Waals surface area (Å²) in [6.07, 6.45) is 2.52. The molecule has 1 atom stereocenters. The normalized spacial score (nSPS) is 16.1. The van der Waals surface area contributed by atoms with E-state index in [1.807, 2.05) is 36.4 Å². The molecule has 4 aromatic rings. The van der Waals surface area contributed by atoms with Gasteiger partial charge in [-0.1, -0.05) is 6.07 Å². The van der Waals surface area contributed by atoms with E-state index in [4.69, 9.17) is 9.72 Å². The fourth-order valence-electron chi connectivity index (χ4n) is 4.16. The molecule has 1 saturated heterocycles. The van der Waals surface area contributed by atoms with Crippen LogP contribution in [0, 0.1) is 5.82 Å². The van der Waals surface area contributed by atoms with Gasteiger partial charge in [-0.25, -0.2) is 14.4 Å². The zero-order chi connectivity index (χ0) is 21.4. The van der Waals surface area contributed by atoms with E-state index < -0.39 is 5.82 Å². The van der Waals surface area contributed by atoms with Gasteiger partial charge in [0.15, 0.2) is 5.65 Å². The molecule has 0 unspecified atom stereocenters. The van der Waals surface area contributed by atoms with Gasteiger partial charge in [0, 0.05) is 30.4 Å². The Balaban J connectivity index is 1.50. The topological polar surface area (TPSA) is 60.3 Å². The molecule has 0 radical (unpaired) electrons. The number of hydrogen-bond acceptors (Lipinski definition) is 4. The Morgan fingerprint density at radius 1 is 1.13 bits per heavy atom. The van der Waals surface area contributed by atoms with Gasteiger partial charge in [0.05, 0.1) is 13.2 Å². The summed E-state index contributed by atoms with van der Waals surface area (Å²) in [7, 11) is 1.64. The Hall–Kier alpha value is -3.74. The lowest BCUT2D eigenvalue weighted by Crippen LogP contribution is -2.29. The number of fused-ring (bicyclic) bond motifs is 1. The summed E-state index contributed by atoms with van der Waals surface area (Å²) < 4.78 is 21.0. The molecule has 2 aromatic heterocycles. The van der Waals surface area contributed by atoms with Crippen LogP contribution in [0.15, 0.2) is 66.9 Å². The van der Waals surface area contributed by atoms with E-state index in [9.17, 15) is 9.18 Å². The van der Waals surface area contributed by atoms with Crippen molar-refractivity contribution >= 4 is 17.1 Å². The van der Waals surface area contributed by atoms with Gasteiger partial charge in [0.2, 0.25) is 0 Å². The third-order valence-electron chi connectivity index (χ3n) is 5.68. The number of likely N-dealkylation sites (tertiary alicyclic amines) is 1. The van der Waals surface area contributed by atoms with Gasteiger partial charge in [-0.05, 0) is 61.0 Å². The number of rotatable bonds is 4. The van der Waals surface area contributed by atoms with Gasteiger partial charge < -0.3 is 14.2 Å². The van der Waals surface area contributed by atoms with Crippen LogP contribution < -0.4 is 4.74 Å². The number of amides is 1. The summed E-state index contributed by atoms with van der Waals surface area (Å²) >= 11 is 0. The van der Waals surface area contributed by atoms with E-state index in [0.29, 0.717) is 18.7 Å². The van der Waals surface area contributed by atoms with Gasteiger partial charge in [-0.15, -0.1) is 0 Å². The van der Waals surface area contributed by atoms with Crippen LogP contribution in [0.5, 0.6) is 5.75 Å². The highest BCUT2D eigenvalue weighted by Crippen LogP contribution is 2.33. The van der Waals surface area contributed by atoms with Crippen molar-refractivity contribution in [3.05, 3.63) is 78.2 Å². The predicted octanol–water partition coefficient (Wildman–Crippen LogP) is 4.33. The van der Waals surface area contributed by atoms with Gasteiger partial charge in [0.1, 0.15) is 22.9 Å². The van der Waals surface area contributed by atoms with Crippen LogP contribution in [-0.2, 0) is 0 Å². The van der Waals surface area contributed by atoms with Crippen LogP contribution in [-0.4, -0.2) is 45.5 Å². The number of aromatic nitrogens is 3. The summed E-state index contributed by atoms with van der Waals surface area (Å²) in [5.41, 5.74) is 2.92. The van der Waals surface area contributed by atoms with E-state index in [1.165, 1.54) is 12.1 Å². The Bertz CT molecular complexity index is 1250. The van der Waals surface area contributed by atoms with Crippen molar-refractivity contribution in [1.82, 2.24) is 19.4 Å². The Labute approximate surface area is 178 Å². The summed E-state index contributed by atoms with van der Waals surface area (Å²) in [4.78, 5) is 24.1. The molecule has 3 heterocycles. The van der Waals surface area contributed by atoms with Crippen LogP contribution in [0.25, 0.3) is 22.6 Å². The first-order valence-electron chi connectivity index (χ1n) is 10.2. The number of hydrogen-bond donors (Lipinski definition) is 0. The summed E-state index contributed by atoms with van der Waals surface area (Å²) in [6.45, 7) is 1.11. The molecule has 2 aromatic carbocycles. The Morgan fingerprint density at radius 3 is 2.74 bits per heavy atom. The number of nitrogens with zero attached hydrogens (tertiary/aromatic N) is 4. The molecule has 1 aliphatic heterocycles. The summed E-state index contributed by atoms with van der Waals surface area (Å²) in [5.74, 6) is 1.01. The Kier molecular flexibility index (Phi) is 4.86. The van der Waals surface area contributed by atoms with Gasteiger partial charge in [-0.3, -0.25) is 4.79 Å². The van der Waals surface area contributed by atoms with Crippen molar-refractivity contribution in [3.8, 4) is 17.1 Å². The number of carbonyl (C=O) groups excluding carboxylic acids is 1. The molecular formula is C24H21FN4O2. The third-order valence-corrected chi connectivity index (χ3v) is 5.68. The van der Waals surface area contributed by atoms with E-state index >= 15 is 0 Å². The third kappa shape index (κ3) is 3.52. The standard InChI is InChI=1S/C24H21FN4O2/c1-31-20-9-7-16(8-10-20)22-27-21-6-3-12-26-23(21)29(22)19-11-13-28(15-19)24(30)17-4-2-5-18(25)14-17/h2-10,12,14,19H,11,13,15H2,1H3/t19-/m1/s1. The molecule has 0 N–H and O–H groups in total. The number of methoxy groups -OCH3 is 1. The van der Waals surface area contributed by atoms with Crippen molar-refractivity contribution in [2.45, 2.75) is 12.5 Å². The fourth-order valence-corrected chi connectivity index (χ4v) is 4.16. The minimum absolute atomic E-state index is 0.0227. The first kappa shape index (κ1) is 19.2. The molecule has 0 bridgehead atoms. The number of carbonyl (C=O) groups is 1. The number of benzene rings is 2. The van der Waals surface area contributed by atoms with E-state index in [-0.39, 0.29) is 11.9 Å². The molecular weight excluding hydrogens is 395 g/mol. The van der Waals surface area contributed by atoms with E-state index in [1.54, 1.807) is 30.3 Å². The van der Waals surface area contributed by atoms with Crippen LogP contribution in [0.4, 0.5) is 4.39 Å². The average molecular weight is 416 g/mol. The van der Waals surface area contributed by atoms with Crippen LogP contribution in [0.3, 0.4) is 0 Å². The van der Waals surface area contributed by atoms with Crippen molar-refractivity contribution in [2.24, 2.45) is 0 Å². The maximum Gasteiger partial charge on any atom is 0.254 e. The zero-order valence-electron chi connectivity index (χ0n) is 17.0. The van der Waals surface area contributed by atoms with Crippen LogP contribution in [0.1, 0.15) is 22.8 Å². The maximum atomic E-state index is 13.6. The molecule has 0 spiro atoms. The quantitative estimate of drug-likeness (QED) is 0.497. The monoisotopic (exact) mass is 416 g/mol. The second-order valence-electron chi connectivity index (χ2n) is 7.58. The molecule has 0 saturated carbocycles. The lowest BCUT2D eigenvalue weighted by molar-refractivity contribution is 0.0787. The number of halogens is 1. The molecule has 1 amide bonds. The highest BCUT2D eigenvalue weighted by molar-refractivity contribution is 5.94. The lowest BCUT2D eigenvalue weighted by atomic mass is 10.1. The predicted molar refractivity (Wildman–Crippen MR) is 115 cm³/mol. The maximum absolute atomic E-state index is 13.6. The number of imidazole rings is 1. The molecule has 6 nitrogen and oxygen atoms in total. The molecule has 1 aliphatic rings. The minimum atomic E-state index is -0.409. The van der Waals surface area contributed by atoms with E-state index in [2.05, 4.69) is 9.55 Å². The molecule has 5 rings (SSSR count). The molecule has 7 heteroatoms. The highest BCUT2D eigenvalue weighted by Gasteiger charge is 2.31. The van der Waals surface area contributed by atoms with E-state index in [0.717, 1.165) is 34.7 Å². The number of pyridine rings is 1. The smallest absolute Gasteiger partial charge is 0.254 e. The number of ether oxygens (including phenoxy) is 1. The fraction of sp³-hybridized carbons (Fsp3) is 0.208. The zero-order valence-corrected chi connectivity index (χ0v) is 17.0. The van der Waals surface area contributed by atoms with Gasteiger partial charge in [-0.2, -0.15) is 0 Å². The second kappa shape index (κ2) is 7.83. The highest BCUT2D eigenvalue weighted by atomic mass is 19.1. The van der Waals surface area contributed by atoms with Gasteiger partial charge in [0.25, 0.3) is 5.91 Å². The SMILES string of the molecule is COc1ccc(-c2nc3cccnc3n2[C@@H]2CCN(C(=O)c3cccc(F)c3)C2)cc1. The molecule has 0 aliphatic carbocycles. The molecule has 1 fully saturated rings.